The van der Waals surface area contributed by atoms with Crippen LogP contribution in [-0.2, 0) is 22.2 Å². The summed E-state index contributed by atoms with van der Waals surface area (Å²) in [7, 11) is -3.30. The fourth-order valence-electron chi connectivity index (χ4n) is 1.96. The second-order valence-electron chi connectivity index (χ2n) is 5.02. The first-order valence-corrected chi connectivity index (χ1v) is 8.75. The molecule has 2 aromatic rings. The van der Waals surface area contributed by atoms with Gasteiger partial charge in [0.05, 0.1) is 5.75 Å². The number of rotatable bonds is 6. The summed E-state index contributed by atoms with van der Waals surface area (Å²) in [5.74, 6) is 0.00784. The summed E-state index contributed by atoms with van der Waals surface area (Å²) in [6, 6.07) is 14.9. The third-order valence-corrected chi connectivity index (χ3v) is 4.74. The lowest BCUT2D eigenvalue weighted by Gasteiger charge is -2.07. The maximum absolute atomic E-state index is 12.0. The van der Waals surface area contributed by atoms with E-state index in [1.807, 2.05) is 43.3 Å². The van der Waals surface area contributed by atoms with Crippen LogP contribution in [0.25, 0.3) is 0 Å². The van der Waals surface area contributed by atoms with E-state index in [0.717, 1.165) is 16.7 Å². The summed E-state index contributed by atoms with van der Waals surface area (Å²) in [6.07, 6.45) is 0.643. The predicted molar refractivity (Wildman–Crippen MR) is 87.0 cm³/mol. The zero-order valence-corrected chi connectivity index (χ0v) is 13.4. The molecule has 0 amide bonds. The highest BCUT2D eigenvalue weighted by Gasteiger charge is 2.10. The second kappa shape index (κ2) is 7.07. The second-order valence-corrected chi connectivity index (χ2v) is 7.26. The Morgan fingerprint density at radius 2 is 1.52 bits per heavy atom. The molecule has 2 aromatic carbocycles. The summed E-state index contributed by atoms with van der Waals surface area (Å²) >= 11 is 5.81. The Bertz CT molecular complexity index is 679. The van der Waals surface area contributed by atoms with Crippen LogP contribution in [-0.4, -0.2) is 15.0 Å². The standard InChI is InChI=1S/C16H18ClNO2S/c1-13-2-4-15(5-3-13)12-21(19,20)18-11-10-14-6-8-16(17)9-7-14/h2-9,18H,10-12H2,1H3. The quantitative estimate of drug-likeness (QED) is 0.886. The van der Waals surface area contributed by atoms with Gasteiger partial charge in [-0.25, -0.2) is 13.1 Å². The van der Waals surface area contributed by atoms with Gasteiger partial charge in [-0.1, -0.05) is 53.6 Å². The smallest absolute Gasteiger partial charge is 0.215 e. The van der Waals surface area contributed by atoms with Crippen molar-refractivity contribution < 1.29 is 8.42 Å². The fraction of sp³-hybridized carbons (Fsp3) is 0.250. The maximum Gasteiger partial charge on any atom is 0.215 e. The molecule has 0 aromatic heterocycles. The number of aryl methyl sites for hydroxylation is 1. The predicted octanol–water partition coefficient (Wildman–Crippen LogP) is 3.31. The van der Waals surface area contributed by atoms with E-state index >= 15 is 0 Å². The molecule has 0 saturated heterocycles. The minimum absolute atomic E-state index is 0.00784. The van der Waals surface area contributed by atoms with E-state index in [-0.39, 0.29) is 5.75 Å². The van der Waals surface area contributed by atoms with Crippen molar-refractivity contribution in [1.82, 2.24) is 4.72 Å². The Hall–Kier alpha value is -1.36. The number of hydrogen-bond donors (Lipinski definition) is 1. The molecule has 0 spiro atoms. The van der Waals surface area contributed by atoms with Gasteiger partial charge in [-0.15, -0.1) is 0 Å². The molecule has 0 fully saturated rings. The number of nitrogens with one attached hydrogen (secondary N) is 1. The maximum atomic E-state index is 12.0. The van der Waals surface area contributed by atoms with Crippen LogP contribution in [0, 0.1) is 6.92 Å². The monoisotopic (exact) mass is 323 g/mol. The first-order valence-electron chi connectivity index (χ1n) is 6.72. The Morgan fingerprint density at radius 3 is 2.14 bits per heavy atom. The van der Waals surface area contributed by atoms with E-state index < -0.39 is 10.0 Å². The molecule has 112 valence electrons. The van der Waals surface area contributed by atoms with Crippen LogP contribution in [0.15, 0.2) is 48.5 Å². The van der Waals surface area contributed by atoms with E-state index in [0.29, 0.717) is 18.0 Å². The molecular weight excluding hydrogens is 306 g/mol. The van der Waals surface area contributed by atoms with Gasteiger partial charge in [0.2, 0.25) is 10.0 Å². The largest absolute Gasteiger partial charge is 0.215 e. The van der Waals surface area contributed by atoms with Crippen molar-refractivity contribution in [2.75, 3.05) is 6.54 Å². The zero-order valence-electron chi connectivity index (χ0n) is 11.8. The molecule has 3 nitrogen and oxygen atoms in total. The summed E-state index contributed by atoms with van der Waals surface area (Å²) in [4.78, 5) is 0. The van der Waals surface area contributed by atoms with E-state index in [4.69, 9.17) is 11.6 Å². The highest BCUT2D eigenvalue weighted by atomic mass is 35.5. The SMILES string of the molecule is Cc1ccc(CS(=O)(=O)NCCc2ccc(Cl)cc2)cc1. The van der Waals surface area contributed by atoms with E-state index in [1.54, 1.807) is 12.1 Å². The lowest BCUT2D eigenvalue weighted by Crippen LogP contribution is -2.27. The van der Waals surface area contributed by atoms with Crippen molar-refractivity contribution in [3.05, 3.63) is 70.2 Å². The van der Waals surface area contributed by atoms with Crippen molar-refractivity contribution in [3.8, 4) is 0 Å². The van der Waals surface area contributed by atoms with Gasteiger partial charge in [0.25, 0.3) is 0 Å². The summed E-state index contributed by atoms with van der Waals surface area (Å²) in [6.45, 7) is 2.36. The van der Waals surface area contributed by atoms with E-state index in [1.165, 1.54) is 0 Å². The highest BCUT2D eigenvalue weighted by Crippen LogP contribution is 2.10. The molecule has 2 rings (SSSR count). The van der Waals surface area contributed by atoms with Gasteiger partial charge in [0.15, 0.2) is 0 Å². The van der Waals surface area contributed by atoms with E-state index in [2.05, 4.69) is 4.72 Å². The van der Waals surface area contributed by atoms with Gasteiger partial charge in [0.1, 0.15) is 0 Å². The molecule has 0 aliphatic heterocycles. The number of hydrogen-bond acceptors (Lipinski definition) is 2. The first-order chi connectivity index (χ1) is 9.94. The van der Waals surface area contributed by atoms with Crippen LogP contribution in [0.1, 0.15) is 16.7 Å². The molecule has 5 heteroatoms. The van der Waals surface area contributed by atoms with Crippen molar-refractivity contribution in [2.45, 2.75) is 19.1 Å². The van der Waals surface area contributed by atoms with Gasteiger partial charge < -0.3 is 0 Å². The molecule has 0 atom stereocenters. The van der Waals surface area contributed by atoms with Crippen LogP contribution in [0.4, 0.5) is 0 Å². The van der Waals surface area contributed by atoms with Crippen LogP contribution < -0.4 is 4.72 Å². The molecule has 0 aliphatic carbocycles. The zero-order chi connectivity index (χ0) is 15.3. The Labute approximate surface area is 131 Å². The van der Waals surface area contributed by atoms with Crippen LogP contribution in [0.5, 0.6) is 0 Å². The minimum atomic E-state index is -3.30. The molecule has 0 radical (unpaired) electrons. The molecule has 0 unspecified atom stereocenters. The van der Waals surface area contributed by atoms with Crippen molar-refractivity contribution in [3.63, 3.8) is 0 Å². The van der Waals surface area contributed by atoms with Gasteiger partial charge in [-0.3, -0.25) is 0 Å². The average molecular weight is 324 g/mol. The normalized spacial score (nSPS) is 11.5. The van der Waals surface area contributed by atoms with Gasteiger partial charge in [-0.05, 0) is 36.6 Å². The lowest BCUT2D eigenvalue weighted by atomic mass is 10.2. The number of halogens is 1. The summed E-state index contributed by atoms with van der Waals surface area (Å²) in [5, 5.41) is 0.679. The van der Waals surface area contributed by atoms with Crippen LogP contribution >= 0.6 is 11.6 Å². The van der Waals surface area contributed by atoms with Crippen molar-refractivity contribution in [1.29, 1.82) is 0 Å². The Morgan fingerprint density at radius 1 is 0.952 bits per heavy atom. The molecule has 0 aliphatic rings. The lowest BCUT2D eigenvalue weighted by molar-refractivity contribution is 0.581. The van der Waals surface area contributed by atoms with Gasteiger partial charge in [-0.2, -0.15) is 0 Å². The average Bonchev–Trinajstić information content (AvgIpc) is 2.43. The first kappa shape index (κ1) is 16.0. The van der Waals surface area contributed by atoms with Crippen molar-refractivity contribution >= 4 is 21.6 Å². The fourth-order valence-corrected chi connectivity index (χ4v) is 3.23. The topological polar surface area (TPSA) is 46.2 Å². The minimum Gasteiger partial charge on any atom is -0.215 e. The van der Waals surface area contributed by atoms with Gasteiger partial charge in [0, 0.05) is 11.6 Å². The Balaban J connectivity index is 1.86. The Kier molecular flexibility index (Phi) is 5.39. The van der Waals surface area contributed by atoms with Crippen molar-refractivity contribution in [2.24, 2.45) is 0 Å². The molecular formula is C16H18ClNO2S. The third kappa shape index (κ3) is 5.50. The highest BCUT2D eigenvalue weighted by molar-refractivity contribution is 7.88. The third-order valence-electron chi connectivity index (χ3n) is 3.13. The molecule has 0 heterocycles. The summed E-state index contributed by atoms with van der Waals surface area (Å²) in [5.41, 5.74) is 2.96. The number of benzene rings is 2. The molecule has 1 N–H and O–H groups in total. The van der Waals surface area contributed by atoms with E-state index in [9.17, 15) is 8.42 Å². The number of sulfonamides is 1. The molecule has 0 bridgehead atoms. The summed E-state index contributed by atoms with van der Waals surface area (Å²) < 4.78 is 26.6. The van der Waals surface area contributed by atoms with Crippen LogP contribution in [0.2, 0.25) is 5.02 Å². The van der Waals surface area contributed by atoms with Crippen LogP contribution in [0.3, 0.4) is 0 Å². The molecule has 0 saturated carbocycles. The van der Waals surface area contributed by atoms with Gasteiger partial charge >= 0.3 is 0 Å². The molecule has 21 heavy (non-hydrogen) atoms.